The molecule has 0 atom stereocenters. The van der Waals surface area contributed by atoms with Gasteiger partial charge in [-0.15, -0.1) is 0 Å². The van der Waals surface area contributed by atoms with E-state index in [1.807, 2.05) is 0 Å². The molecule has 3 rings (SSSR count). The van der Waals surface area contributed by atoms with Gasteiger partial charge in [0.05, 0.1) is 5.41 Å². The molecule has 0 aliphatic heterocycles. The Morgan fingerprint density at radius 2 is 1.82 bits per heavy atom. The van der Waals surface area contributed by atoms with Crippen LogP contribution in [0.15, 0.2) is 30.3 Å². The van der Waals surface area contributed by atoms with Crippen molar-refractivity contribution in [3.05, 3.63) is 41.7 Å². The second-order valence-electron chi connectivity index (χ2n) is 4.61. The largest absolute Gasteiger partial charge is 0.374 e. The summed E-state index contributed by atoms with van der Waals surface area (Å²) in [5, 5.41) is 0.571. The van der Waals surface area contributed by atoms with E-state index in [9.17, 15) is 0 Å². The zero-order valence-corrected chi connectivity index (χ0v) is 10.4. The smallest absolute Gasteiger partial charge is 0.199 e. The molecule has 1 saturated carbocycles. The molecular formula is C13H15N3S. The Balaban J connectivity index is 2.11. The molecule has 1 fully saturated rings. The Kier molecular flexibility index (Phi) is 2.59. The molecule has 1 aromatic carbocycles. The Labute approximate surface area is 105 Å². The molecule has 2 aromatic rings. The number of benzene rings is 1. The van der Waals surface area contributed by atoms with Crippen molar-refractivity contribution in [2.24, 2.45) is 0 Å². The first-order valence-corrected chi connectivity index (χ1v) is 6.74. The van der Waals surface area contributed by atoms with E-state index in [0.717, 1.165) is 18.7 Å². The van der Waals surface area contributed by atoms with Crippen molar-refractivity contribution in [1.82, 2.24) is 9.36 Å². The van der Waals surface area contributed by atoms with E-state index in [0.29, 0.717) is 5.13 Å². The summed E-state index contributed by atoms with van der Waals surface area (Å²) in [6.07, 6.45) is 4.75. The zero-order valence-electron chi connectivity index (χ0n) is 9.60. The Morgan fingerprint density at radius 1 is 1.12 bits per heavy atom. The first-order chi connectivity index (χ1) is 8.31. The third-order valence-electron chi connectivity index (χ3n) is 3.65. The summed E-state index contributed by atoms with van der Waals surface area (Å²) in [6.45, 7) is 0. The van der Waals surface area contributed by atoms with Crippen molar-refractivity contribution < 1.29 is 0 Å². The lowest BCUT2D eigenvalue weighted by atomic mass is 9.78. The minimum Gasteiger partial charge on any atom is -0.374 e. The fraction of sp³-hybridized carbons (Fsp3) is 0.385. The predicted octanol–water partition coefficient (Wildman–Crippen LogP) is 2.98. The van der Waals surface area contributed by atoms with Crippen LogP contribution < -0.4 is 5.73 Å². The van der Waals surface area contributed by atoms with E-state index in [1.165, 1.54) is 29.9 Å². The molecule has 3 nitrogen and oxygen atoms in total. The zero-order chi connectivity index (χ0) is 11.7. The van der Waals surface area contributed by atoms with Crippen molar-refractivity contribution in [3.63, 3.8) is 0 Å². The maximum absolute atomic E-state index is 5.73. The lowest BCUT2D eigenvalue weighted by Gasteiger charge is -2.26. The lowest BCUT2D eigenvalue weighted by Crippen LogP contribution is -2.25. The number of hydrogen-bond donors (Lipinski definition) is 1. The van der Waals surface area contributed by atoms with Gasteiger partial charge in [-0.05, 0) is 18.4 Å². The van der Waals surface area contributed by atoms with Crippen LogP contribution in [-0.2, 0) is 5.41 Å². The van der Waals surface area contributed by atoms with Crippen LogP contribution >= 0.6 is 11.5 Å². The highest BCUT2D eigenvalue weighted by molar-refractivity contribution is 7.09. The third-order valence-corrected chi connectivity index (χ3v) is 4.20. The van der Waals surface area contributed by atoms with E-state index in [1.54, 1.807) is 0 Å². The summed E-state index contributed by atoms with van der Waals surface area (Å²) >= 11 is 1.30. The van der Waals surface area contributed by atoms with Gasteiger partial charge in [0.25, 0.3) is 0 Å². The second kappa shape index (κ2) is 4.11. The highest BCUT2D eigenvalue weighted by atomic mass is 32.1. The van der Waals surface area contributed by atoms with Gasteiger partial charge in [0.15, 0.2) is 11.0 Å². The number of hydrogen-bond acceptors (Lipinski definition) is 4. The van der Waals surface area contributed by atoms with Crippen molar-refractivity contribution >= 4 is 16.7 Å². The average Bonchev–Trinajstić information content (AvgIpc) is 2.99. The van der Waals surface area contributed by atoms with Crippen LogP contribution in [-0.4, -0.2) is 9.36 Å². The molecule has 2 N–H and O–H groups in total. The number of nitrogens with zero attached hydrogens (tertiary/aromatic N) is 2. The third kappa shape index (κ3) is 1.72. The molecule has 0 saturated heterocycles. The van der Waals surface area contributed by atoms with Gasteiger partial charge in [-0.25, -0.2) is 4.98 Å². The van der Waals surface area contributed by atoms with Crippen LogP contribution in [0.1, 0.15) is 37.1 Å². The molecule has 0 bridgehead atoms. The van der Waals surface area contributed by atoms with Crippen LogP contribution in [0.5, 0.6) is 0 Å². The van der Waals surface area contributed by atoms with Crippen LogP contribution in [0.4, 0.5) is 5.13 Å². The van der Waals surface area contributed by atoms with Gasteiger partial charge in [-0.1, -0.05) is 43.2 Å². The van der Waals surface area contributed by atoms with Gasteiger partial charge in [0.2, 0.25) is 0 Å². The first-order valence-electron chi connectivity index (χ1n) is 5.96. The molecule has 4 heteroatoms. The number of nitrogen functional groups attached to an aromatic ring is 1. The minimum atomic E-state index is 0.00931. The summed E-state index contributed by atoms with van der Waals surface area (Å²) in [6, 6.07) is 10.6. The van der Waals surface area contributed by atoms with Crippen LogP contribution in [0.2, 0.25) is 0 Å². The molecule has 0 unspecified atom stereocenters. The maximum atomic E-state index is 5.73. The Hall–Kier alpha value is -1.42. The van der Waals surface area contributed by atoms with Crippen LogP contribution in [0, 0.1) is 0 Å². The van der Waals surface area contributed by atoms with Crippen molar-refractivity contribution in [2.45, 2.75) is 31.1 Å². The topological polar surface area (TPSA) is 51.8 Å². The fourth-order valence-corrected chi connectivity index (χ4v) is 3.33. The van der Waals surface area contributed by atoms with Crippen LogP contribution in [0.25, 0.3) is 0 Å². The predicted molar refractivity (Wildman–Crippen MR) is 70.0 cm³/mol. The van der Waals surface area contributed by atoms with Gasteiger partial charge in [-0.3, -0.25) is 0 Å². The molecule has 88 valence electrons. The Morgan fingerprint density at radius 3 is 2.41 bits per heavy atom. The number of aromatic nitrogens is 2. The molecule has 1 heterocycles. The normalized spacial score (nSPS) is 18.4. The van der Waals surface area contributed by atoms with Gasteiger partial charge >= 0.3 is 0 Å². The molecular weight excluding hydrogens is 230 g/mol. The standard InChI is InChI=1S/C13H15N3S/c14-12-15-11(16-17-12)13(8-4-5-9-13)10-6-2-1-3-7-10/h1-3,6-7H,4-5,8-9H2,(H2,14,15,16). The quantitative estimate of drug-likeness (QED) is 0.885. The van der Waals surface area contributed by atoms with Gasteiger partial charge < -0.3 is 5.73 Å². The van der Waals surface area contributed by atoms with E-state index < -0.39 is 0 Å². The fourth-order valence-electron chi connectivity index (χ4n) is 2.81. The highest BCUT2D eigenvalue weighted by Gasteiger charge is 2.40. The first kappa shape index (κ1) is 10.7. The SMILES string of the molecule is Nc1nc(C2(c3ccccc3)CCCC2)ns1. The number of anilines is 1. The molecule has 1 aromatic heterocycles. The summed E-state index contributed by atoms with van der Waals surface area (Å²) in [4.78, 5) is 4.43. The monoisotopic (exact) mass is 245 g/mol. The molecule has 0 amide bonds. The van der Waals surface area contributed by atoms with Crippen molar-refractivity contribution in [2.75, 3.05) is 5.73 Å². The summed E-state index contributed by atoms with van der Waals surface area (Å²) in [5.74, 6) is 0.920. The second-order valence-corrected chi connectivity index (χ2v) is 5.39. The van der Waals surface area contributed by atoms with Gasteiger partial charge in [-0.2, -0.15) is 4.37 Å². The molecule has 1 aliphatic carbocycles. The van der Waals surface area contributed by atoms with E-state index in [2.05, 4.69) is 39.7 Å². The van der Waals surface area contributed by atoms with E-state index in [-0.39, 0.29) is 5.41 Å². The molecule has 1 aliphatic rings. The minimum absolute atomic E-state index is 0.00931. The van der Waals surface area contributed by atoms with Crippen molar-refractivity contribution in [1.29, 1.82) is 0 Å². The van der Waals surface area contributed by atoms with E-state index >= 15 is 0 Å². The molecule has 0 radical (unpaired) electrons. The average molecular weight is 245 g/mol. The Bertz CT molecular complexity index is 500. The lowest BCUT2D eigenvalue weighted by molar-refractivity contribution is 0.507. The summed E-state index contributed by atoms with van der Waals surface area (Å²) in [5.41, 5.74) is 7.07. The number of rotatable bonds is 2. The molecule has 0 spiro atoms. The highest BCUT2D eigenvalue weighted by Crippen LogP contribution is 2.45. The number of nitrogens with two attached hydrogens (primary N) is 1. The summed E-state index contributed by atoms with van der Waals surface area (Å²) in [7, 11) is 0. The van der Waals surface area contributed by atoms with Crippen molar-refractivity contribution in [3.8, 4) is 0 Å². The van der Waals surface area contributed by atoms with Crippen LogP contribution in [0.3, 0.4) is 0 Å². The van der Waals surface area contributed by atoms with Gasteiger partial charge in [0, 0.05) is 11.5 Å². The summed E-state index contributed by atoms with van der Waals surface area (Å²) < 4.78 is 4.45. The van der Waals surface area contributed by atoms with Gasteiger partial charge in [0.1, 0.15) is 0 Å². The van der Waals surface area contributed by atoms with E-state index in [4.69, 9.17) is 5.73 Å². The maximum Gasteiger partial charge on any atom is 0.199 e. The molecule has 17 heavy (non-hydrogen) atoms.